The van der Waals surface area contributed by atoms with Crippen molar-refractivity contribution in [2.24, 2.45) is 5.41 Å². The van der Waals surface area contributed by atoms with Crippen LogP contribution >= 0.6 is 15.9 Å². The SMILES string of the molecule is CC1(C)CC2(CCN(CC(=O)Nc3ccc(Br)cc3)CC2)CO1. The van der Waals surface area contributed by atoms with Crippen LogP contribution in [-0.4, -0.2) is 42.6 Å². The predicted octanol–water partition coefficient (Wildman–Crippen LogP) is 3.67. The van der Waals surface area contributed by atoms with E-state index in [2.05, 4.69) is 40.0 Å². The van der Waals surface area contributed by atoms with Crippen molar-refractivity contribution in [1.82, 2.24) is 4.90 Å². The molecule has 5 heteroatoms. The number of nitrogens with one attached hydrogen (secondary N) is 1. The lowest BCUT2D eigenvalue weighted by molar-refractivity contribution is -0.117. The Bertz CT molecular complexity index is 563. The zero-order chi connectivity index (χ0) is 16.5. The zero-order valence-corrected chi connectivity index (χ0v) is 15.5. The molecular formula is C18H25BrN2O2. The Kier molecular flexibility index (Phi) is 4.81. The molecule has 1 aromatic rings. The van der Waals surface area contributed by atoms with Crippen LogP contribution in [0, 0.1) is 5.41 Å². The first-order valence-corrected chi connectivity index (χ1v) is 9.07. The summed E-state index contributed by atoms with van der Waals surface area (Å²) in [5.74, 6) is 0.0614. The molecule has 1 aromatic carbocycles. The summed E-state index contributed by atoms with van der Waals surface area (Å²) in [5, 5.41) is 2.96. The Morgan fingerprint density at radius 3 is 2.48 bits per heavy atom. The molecule has 0 atom stereocenters. The van der Waals surface area contributed by atoms with Crippen LogP contribution in [0.1, 0.15) is 33.1 Å². The Morgan fingerprint density at radius 1 is 1.26 bits per heavy atom. The van der Waals surface area contributed by atoms with Gasteiger partial charge in [0.15, 0.2) is 0 Å². The first-order chi connectivity index (χ1) is 10.9. The summed E-state index contributed by atoms with van der Waals surface area (Å²) in [4.78, 5) is 14.4. The van der Waals surface area contributed by atoms with Gasteiger partial charge in [-0.25, -0.2) is 0 Å². The van der Waals surface area contributed by atoms with E-state index in [1.54, 1.807) is 0 Å². The number of carbonyl (C=O) groups is 1. The fourth-order valence-corrected chi connectivity index (χ4v) is 4.06. The van der Waals surface area contributed by atoms with Gasteiger partial charge in [-0.2, -0.15) is 0 Å². The van der Waals surface area contributed by atoms with E-state index in [-0.39, 0.29) is 11.5 Å². The van der Waals surface area contributed by atoms with Gasteiger partial charge < -0.3 is 10.1 Å². The second-order valence-corrected chi connectivity index (χ2v) is 8.47. The number of rotatable bonds is 3. The predicted molar refractivity (Wildman–Crippen MR) is 95.5 cm³/mol. The molecule has 2 fully saturated rings. The summed E-state index contributed by atoms with van der Waals surface area (Å²) >= 11 is 3.40. The largest absolute Gasteiger partial charge is 0.375 e. The third kappa shape index (κ3) is 4.34. The van der Waals surface area contributed by atoms with Gasteiger partial charge in [0, 0.05) is 10.2 Å². The molecule has 0 unspecified atom stereocenters. The normalized spacial score (nSPS) is 23.1. The van der Waals surface area contributed by atoms with E-state index in [0.29, 0.717) is 12.0 Å². The van der Waals surface area contributed by atoms with Crippen LogP contribution in [0.15, 0.2) is 28.7 Å². The highest BCUT2D eigenvalue weighted by Crippen LogP contribution is 2.46. The van der Waals surface area contributed by atoms with E-state index in [4.69, 9.17) is 4.74 Å². The fourth-order valence-electron chi connectivity index (χ4n) is 3.80. The molecular weight excluding hydrogens is 356 g/mol. The molecule has 3 rings (SSSR count). The van der Waals surface area contributed by atoms with E-state index in [1.807, 2.05) is 24.3 Å². The van der Waals surface area contributed by atoms with Crippen LogP contribution in [0.25, 0.3) is 0 Å². The van der Waals surface area contributed by atoms with Crippen LogP contribution in [0.5, 0.6) is 0 Å². The third-order valence-electron chi connectivity index (χ3n) is 4.98. The Hall–Kier alpha value is -0.910. The van der Waals surface area contributed by atoms with Crippen LogP contribution in [0.2, 0.25) is 0 Å². The number of amides is 1. The van der Waals surface area contributed by atoms with Gasteiger partial charge in [-0.1, -0.05) is 15.9 Å². The number of ether oxygens (including phenoxy) is 1. The number of likely N-dealkylation sites (tertiary alicyclic amines) is 1. The third-order valence-corrected chi connectivity index (χ3v) is 5.51. The maximum absolute atomic E-state index is 12.2. The van der Waals surface area contributed by atoms with Gasteiger partial charge in [0.25, 0.3) is 0 Å². The average molecular weight is 381 g/mol. The number of nitrogens with zero attached hydrogens (tertiary/aromatic N) is 1. The number of piperidine rings is 1. The summed E-state index contributed by atoms with van der Waals surface area (Å²) in [6.45, 7) is 7.66. The second-order valence-electron chi connectivity index (χ2n) is 7.56. The standard InChI is InChI=1S/C18H25BrN2O2/c1-17(2)12-18(13-23-17)7-9-21(10-8-18)11-16(22)20-15-5-3-14(19)4-6-15/h3-6H,7-13H2,1-2H3,(H,20,22). The fraction of sp³-hybridized carbons (Fsp3) is 0.611. The molecule has 2 heterocycles. The molecule has 1 amide bonds. The molecule has 2 aliphatic heterocycles. The lowest BCUT2D eigenvalue weighted by Crippen LogP contribution is -2.44. The van der Waals surface area contributed by atoms with Crippen molar-refractivity contribution in [3.63, 3.8) is 0 Å². The molecule has 23 heavy (non-hydrogen) atoms. The van der Waals surface area contributed by atoms with Crippen LogP contribution in [0.3, 0.4) is 0 Å². The first-order valence-electron chi connectivity index (χ1n) is 8.28. The minimum absolute atomic E-state index is 0.0150. The summed E-state index contributed by atoms with van der Waals surface area (Å²) in [5.41, 5.74) is 1.20. The summed E-state index contributed by atoms with van der Waals surface area (Å²) in [6.07, 6.45) is 3.39. The lowest BCUT2D eigenvalue weighted by Gasteiger charge is -2.38. The second kappa shape index (κ2) is 6.54. The Morgan fingerprint density at radius 2 is 1.91 bits per heavy atom. The average Bonchev–Trinajstić information content (AvgIpc) is 2.79. The van der Waals surface area contributed by atoms with E-state index >= 15 is 0 Å². The summed E-state index contributed by atoms with van der Waals surface area (Å²) in [7, 11) is 0. The van der Waals surface area contributed by atoms with Crippen molar-refractivity contribution in [3.05, 3.63) is 28.7 Å². The number of halogens is 1. The summed E-state index contributed by atoms with van der Waals surface area (Å²) in [6, 6.07) is 7.68. The molecule has 4 nitrogen and oxygen atoms in total. The molecule has 1 N–H and O–H groups in total. The van der Waals surface area contributed by atoms with Gasteiger partial charge in [-0.15, -0.1) is 0 Å². The van der Waals surface area contributed by atoms with Crippen molar-refractivity contribution in [1.29, 1.82) is 0 Å². The van der Waals surface area contributed by atoms with Crippen LogP contribution in [-0.2, 0) is 9.53 Å². The maximum Gasteiger partial charge on any atom is 0.238 e. The summed E-state index contributed by atoms with van der Waals surface area (Å²) < 4.78 is 6.95. The number of hydrogen-bond acceptors (Lipinski definition) is 3. The molecule has 0 aromatic heterocycles. The van der Waals surface area contributed by atoms with Gasteiger partial charge in [-0.05, 0) is 75.9 Å². The molecule has 2 saturated heterocycles. The molecule has 0 bridgehead atoms. The Labute approximate surface area is 146 Å². The van der Waals surface area contributed by atoms with Crippen molar-refractivity contribution >= 4 is 27.5 Å². The molecule has 2 aliphatic rings. The highest BCUT2D eigenvalue weighted by Gasteiger charge is 2.45. The molecule has 0 aliphatic carbocycles. The van der Waals surface area contributed by atoms with Crippen molar-refractivity contribution in [3.8, 4) is 0 Å². The van der Waals surface area contributed by atoms with Gasteiger partial charge in [-0.3, -0.25) is 9.69 Å². The van der Waals surface area contributed by atoms with Gasteiger partial charge in [0.05, 0.1) is 18.8 Å². The highest BCUT2D eigenvalue weighted by atomic mass is 79.9. The van der Waals surface area contributed by atoms with E-state index in [0.717, 1.165) is 49.1 Å². The highest BCUT2D eigenvalue weighted by molar-refractivity contribution is 9.10. The molecule has 126 valence electrons. The first kappa shape index (κ1) is 16.9. The quantitative estimate of drug-likeness (QED) is 0.869. The van der Waals surface area contributed by atoms with Gasteiger partial charge in [0.2, 0.25) is 5.91 Å². The van der Waals surface area contributed by atoms with Crippen molar-refractivity contribution in [2.75, 3.05) is 31.6 Å². The van der Waals surface area contributed by atoms with Crippen LogP contribution in [0.4, 0.5) is 5.69 Å². The van der Waals surface area contributed by atoms with E-state index < -0.39 is 0 Å². The monoisotopic (exact) mass is 380 g/mol. The lowest BCUT2D eigenvalue weighted by atomic mass is 9.74. The minimum Gasteiger partial charge on any atom is -0.375 e. The number of anilines is 1. The van der Waals surface area contributed by atoms with E-state index in [9.17, 15) is 4.79 Å². The smallest absolute Gasteiger partial charge is 0.238 e. The number of hydrogen-bond donors (Lipinski definition) is 1. The van der Waals surface area contributed by atoms with Gasteiger partial charge >= 0.3 is 0 Å². The van der Waals surface area contributed by atoms with Crippen LogP contribution < -0.4 is 5.32 Å². The van der Waals surface area contributed by atoms with Crippen molar-refractivity contribution in [2.45, 2.75) is 38.7 Å². The van der Waals surface area contributed by atoms with E-state index in [1.165, 1.54) is 0 Å². The number of carbonyl (C=O) groups excluding carboxylic acids is 1. The topological polar surface area (TPSA) is 41.6 Å². The molecule has 0 radical (unpaired) electrons. The maximum atomic E-state index is 12.2. The molecule has 0 saturated carbocycles. The number of benzene rings is 1. The van der Waals surface area contributed by atoms with Gasteiger partial charge in [0.1, 0.15) is 0 Å². The zero-order valence-electron chi connectivity index (χ0n) is 13.9. The van der Waals surface area contributed by atoms with Crippen molar-refractivity contribution < 1.29 is 9.53 Å². The Balaban J connectivity index is 1.47. The minimum atomic E-state index is 0.0150. The molecule has 1 spiro atoms.